The number of carbonyl (C=O) groups excluding carboxylic acids is 2. The lowest BCUT2D eigenvalue weighted by molar-refractivity contribution is 0.101. The Balaban J connectivity index is 0.000000268. The molecule has 152 valence electrons. The van der Waals surface area contributed by atoms with E-state index >= 15 is 0 Å². The van der Waals surface area contributed by atoms with E-state index in [1.165, 1.54) is 54.3 Å². The van der Waals surface area contributed by atoms with Gasteiger partial charge in [-0.1, -0.05) is 73.5 Å². The highest BCUT2D eigenvalue weighted by atomic mass is 16.3. The zero-order valence-corrected chi connectivity index (χ0v) is 18.1. The molecule has 3 nitrogen and oxygen atoms in total. The first-order valence-corrected chi connectivity index (χ1v) is 9.76. The molecule has 3 heteroatoms. The van der Waals surface area contributed by atoms with E-state index in [4.69, 9.17) is 0 Å². The second-order valence-electron chi connectivity index (χ2n) is 6.61. The number of aryl methyl sites for hydroxylation is 2. The third kappa shape index (κ3) is 7.74. The average Bonchev–Trinajstić information content (AvgIpc) is 2.71. The molecule has 0 unspecified atom stereocenters. The van der Waals surface area contributed by atoms with Gasteiger partial charge in [0.15, 0.2) is 11.6 Å². The van der Waals surface area contributed by atoms with Gasteiger partial charge in [-0.05, 0) is 57.0 Å². The highest BCUT2D eigenvalue weighted by molar-refractivity contribution is 6.00. The number of hydrogen-bond donors (Lipinski definition) is 1. The van der Waals surface area contributed by atoms with Gasteiger partial charge in [-0.25, -0.2) is 0 Å². The Morgan fingerprint density at radius 3 is 1.21 bits per heavy atom. The maximum atomic E-state index is 11.0. The molecule has 0 aromatic heterocycles. The van der Waals surface area contributed by atoms with Gasteiger partial charge in [0, 0.05) is 11.1 Å². The van der Waals surface area contributed by atoms with Gasteiger partial charge >= 0.3 is 0 Å². The van der Waals surface area contributed by atoms with Crippen LogP contribution in [0.3, 0.4) is 0 Å². The zero-order valence-electron chi connectivity index (χ0n) is 18.1. The number of carbonyl (C=O) groups is 2. The van der Waals surface area contributed by atoms with Crippen molar-refractivity contribution in [1.29, 1.82) is 0 Å². The SMILES string of the molecule is CC.CC(=O)c1cc(O)cc(C(C)=O)c1.Cc1ccc(-c2ccc(C)cc2)cc1. The van der Waals surface area contributed by atoms with E-state index in [1.54, 1.807) is 0 Å². The molecule has 0 aliphatic rings. The Bertz CT molecular complexity index is 861. The van der Waals surface area contributed by atoms with Gasteiger partial charge in [-0.15, -0.1) is 0 Å². The molecule has 0 atom stereocenters. The zero-order chi connectivity index (χ0) is 22.0. The molecule has 0 radical (unpaired) electrons. The molecule has 0 heterocycles. The van der Waals surface area contributed by atoms with Crippen LogP contribution in [0, 0.1) is 13.8 Å². The van der Waals surface area contributed by atoms with E-state index < -0.39 is 0 Å². The summed E-state index contributed by atoms with van der Waals surface area (Å²) in [4.78, 5) is 21.9. The van der Waals surface area contributed by atoms with Crippen molar-refractivity contribution in [3.8, 4) is 16.9 Å². The van der Waals surface area contributed by atoms with Crippen molar-refractivity contribution in [1.82, 2.24) is 0 Å². The van der Waals surface area contributed by atoms with Crippen molar-refractivity contribution in [2.24, 2.45) is 0 Å². The van der Waals surface area contributed by atoms with E-state index in [9.17, 15) is 14.7 Å². The fraction of sp³-hybridized carbons (Fsp3) is 0.231. The van der Waals surface area contributed by atoms with Crippen LogP contribution in [0.5, 0.6) is 5.75 Å². The number of Topliss-reactive ketones (excluding diaryl/α,β-unsaturated/α-hetero) is 2. The van der Waals surface area contributed by atoms with Gasteiger partial charge in [0.05, 0.1) is 0 Å². The lowest BCUT2D eigenvalue weighted by Crippen LogP contribution is -1.97. The summed E-state index contributed by atoms with van der Waals surface area (Å²) in [6.45, 7) is 11.0. The summed E-state index contributed by atoms with van der Waals surface area (Å²) in [6.07, 6.45) is 0. The Labute approximate surface area is 174 Å². The molecule has 3 aromatic rings. The van der Waals surface area contributed by atoms with Crippen molar-refractivity contribution in [3.63, 3.8) is 0 Å². The smallest absolute Gasteiger partial charge is 0.159 e. The van der Waals surface area contributed by atoms with Crippen LogP contribution in [0.4, 0.5) is 0 Å². The maximum Gasteiger partial charge on any atom is 0.159 e. The Kier molecular flexibility index (Phi) is 9.54. The minimum Gasteiger partial charge on any atom is -0.508 e. The summed E-state index contributed by atoms with van der Waals surface area (Å²) in [5, 5.41) is 9.19. The Hall–Kier alpha value is -3.20. The monoisotopic (exact) mass is 390 g/mol. The molecule has 0 saturated carbocycles. The van der Waals surface area contributed by atoms with Crippen LogP contribution in [-0.2, 0) is 0 Å². The van der Waals surface area contributed by atoms with Gasteiger partial charge in [-0.3, -0.25) is 9.59 Å². The molecule has 0 saturated heterocycles. The summed E-state index contributed by atoms with van der Waals surface area (Å²) in [5.41, 5.74) is 5.89. The molecular weight excluding hydrogens is 360 g/mol. The number of hydrogen-bond acceptors (Lipinski definition) is 3. The first-order chi connectivity index (χ1) is 13.8. The van der Waals surface area contributed by atoms with Crippen LogP contribution in [0.1, 0.15) is 59.5 Å². The molecule has 0 bridgehead atoms. The Morgan fingerprint density at radius 2 is 0.931 bits per heavy atom. The number of benzene rings is 3. The fourth-order valence-electron chi connectivity index (χ4n) is 2.51. The molecule has 3 aromatic carbocycles. The molecule has 0 spiro atoms. The third-order valence-electron chi connectivity index (χ3n) is 4.17. The van der Waals surface area contributed by atoms with Crippen molar-refractivity contribution < 1.29 is 14.7 Å². The van der Waals surface area contributed by atoms with Crippen LogP contribution in [0.15, 0.2) is 66.7 Å². The van der Waals surface area contributed by atoms with Crippen LogP contribution in [0.25, 0.3) is 11.1 Å². The van der Waals surface area contributed by atoms with E-state index in [2.05, 4.69) is 62.4 Å². The van der Waals surface area contributed by atoms with Crippen LogP contribution in [-0.4, -0.2) is 16.7 Å². The number of ketones is 2. The van der Waals surface area contributed by atoms with Gasteiger partial charge in [0.25, 0.3) is 0 Å². The molecule has 0 aliphatic heterocycles. The Morgan fingerprint density at radius 1 is 0.621 bits per heavy atom. The van der Waals surface area contributed by atoms with Crippen molar-refractivity contribution in [3.05, 3.63) is 89.0 Å². The topological polar surface area (TPSA) is 54.4 Å². The second kappa shape index (κ2) is 11.6. The van der Waals surface area contributed by atoms with Gasteiger partial charge in [-0.2, -0.15) is 0 Å². The fourth-order valence-corrected chi connectivity index (χ4v) is 2.51. The summed E-state index contributed by atoms with van der Waals surface area (Å²) in [6, 6.07) is 21.4. The third-order valence-corrected chi connectivity index (χ3v) is 4.17. The standard InChI is InChI=1S/C14H14.C10H10O3.C2H6/c1-11-3-7-13(8-4-11)14-9-5-12(2)6-10-14;1-6(11)8-3-9(7(2)12)5-10(13)4-8;1-2/h3-10H,1-2H3;3-5,13H,1-2H3;1-2H3. The molecule has 0 amide bonds. The first-order valence-electron chi connectivity index (χ1n) is 9.76. The summed E-state index contributed by atoms with van der Waals surface area (Å²) in [7, 11) is 0. The summed E-state index contributed by atoms with van der Waals surface area (Å²) in [5.74, 6) is -0.394. The molecular formula is C26H30O3. The minimum absolute atomic E-state index is 0.0575. The van der Waals surface area contributed by atoms with E-state index in [-0.39, 0.29) is 17.3 Å². The number of rotatable bonds is 3. The quantitative estimate of drug-likeness (QED) is 0.501. The number of aromatic hydroxyl groups is 1. The van der Waals surface area contributed by atoms with Crippen LogP contribution < -0.4 is 0 Å². The highest BCUT2D eigenvalue weighted by Crippen LogP contribution is 2.20. The van der Waals surface area contributed by atoms with Crippen LogP contribution in [0.2, 0.25) is 0 Å². The molecule has 3 rings (SSSR count). The van der Waals surface area contributed by atoms with Gasteiger partial charge in [0.2, 0.25) is 0 Å². The van der Waals surface area contributed by atoms with Crippen molar-refractivity contribution >= 4 is 11.6 Å². The first kappa shape index (κ1) is 23.8. The van der Waals surface area contributed by atoms with Crippen LogP contribution >= 0.6 is 0 Å². The predicted octanol–water partition coefficient (Wildman–Crippen LogP) is 6.79. The molecule has 0 aliphatic carbocycles. The highest BCUT2D eigenvalue weighted by Gasteiger charge is 2.06. The van der Waals surface area contributed by atoms with E-state index in [0.717, 1.165) is 0 Å². The number of phenols is 1. The van der Waals surface area contributed by atoms with E-state index in [0.29, 0.717) is 11.1 Å². The largest absolute Gasteiger partial charge is 0.508 e. The van der Waals surface area contributed by atoms with E-state index in [1.807, 2.05) is 13.8 Å². The second-order valence-corrected chi connectivity index (χ2v) is 6.61. The van der Waals surface area contributed by atoms with Crippen molar-refractivity contribution in [2.75, 3.05) is 0 Å². The minimum atomic E-state index is -0.168. The predicted molar refractivity (Wildman–Crippen MR) is 121 cm³/mol. The average molecular weight is 391 g/mol. The van der Waals surface area contributed by atoms with Crippen molar-refractivity contribution in [2.45, 2.75) is 41.5 Å². The molecule has 0 fully saturated rings. The lowest BCUT2D eigenvalue weighted by atomic mass is 10.0. The van der Waals surface area contributed by atoms with Gasteiger partial charge in [0.1, 0.15) is 5.75 Å². The molecule has 29 heavy (non-hydrogen) atoms. The maximum absolute atomic E-state index is 11.0. The van der Waals surface area contributed by atoms with Gasteiger partial charge < -0.3 is 5.11 Å². The summed E-state index contributed by atoms with van der Waals surface area (Å²) < 4.78 is 0. The lowest BCUT2D eigenvalue weighted by Gasteiger charge is -2.02. The number of phenolic OH excluding ortho intramolecular Hbond substituents is 1. The summed E-state index contributed by atoms with van der Waals surface area (Å²) >= 11 is 0. The normalized spacial score (nSPS) is 9.45. The molecule has 1 N–H and O–H groups in total.